The van der Waals surface area contributed by atoms with Gasteiger partial charge in [-0.2, -0.15) is 4.98 Å². The molecule has 0 radical (unpaired) electrons. The number of hydrogen-bond acceptors (Lipinski definition) is 5. The third-order valence-corrected chi connectivity index (χ3v) is 4.69. The number of carbonyl (C=O) groups excluding carboxylic acids is 1. The molecule has 1 aromatic carbocycles. The molecule has 1 fully saturated rings. The van der Waals surface area contributed by atoms with E-state index >= 15 is 0 Å². The van der Waals surface area contributed by atoms with Gasteiger partial charge in [0, 0.05) is 37.3 Å². The molecular formula is C21H27FN4O2. The van der Waals surface area contributed by atoms with Gasteiger partial charge in [0.1, 0.15) is 11.6 Å². The first kappa shape index (κ1) is 20.0. The predicted octanol–water partition coefficient (Wildman–Crippen LogP) is 3.79. The summed E-state index contributed by atoms with van der Waals surface area (Å²) in [6.45, 7) is 8.04. The number of nitrogens with zero attached hydrogens (tertiary/aromatic N) is 3. The maximum absolute atomic E-state index is 13.0. The molecule has 1 aliphatic rings. The monoisotopic (exact) mass is 386 g/mol. The molecule has 0 aliphatic carbocycles. The fourth-order valence-corrected chi connectivity index (χ4v) is 3.08. The number of ether oxygens (including phenoxy) is 1. The standard InChI is InChI=1S/C21H27FN4O2/c1-21(2,3)19(27)24-13-15-5-4-12-26(14-15)20-23-11-10-18(25-20)28-17-8-6-16(22)7-9-17/h6-11,15H,4-5,12-14H2,1-3H3,(H,24,27). The molecule has 0 saturated carbocycles. The van der Waals surface area contributed by atoms with Gasteiger partial charge in [0.15, 0.2) is 0 Å². The van der Waals surface area contributed by atoms with E-state index < -0.39 is 0 Å². The lowest BCUT2D eigenvalue weighted by Gasteiger charge is -2.33. The number of carbonyl (C=O) groups is 1. The Bertz CT molecular complexity index is 805. The molecule has 3 rings (SSSR count). The smallest absolute Gasteiger partial charge is 0.228 e. The van der Waals surface area contributed by atoms with Crippen molar-refractivity contribution in [2.75, 3.05) is 24.5 Å². The van der Waals surface area contributed by atoms with Gasteiger partial charge in [-0.15, -0.1) is 0 Å². The lowest BCUT2D eigenvalue weighted by Crippen LogP contribution is -2.44. The minimum absolute atomic E-state index is 0.0653. The Morgan fingerprint density at radius 3 is 2.75 bits per heavy atom. The number of piperidine rings is 1. The fourth-order valence-electron chi connectivity index (χ4n) is 3.08. The van der Waals surface area contributed by atoms with Gasteiger partial charge in [-0.1, -0.05) is 20.8 Å². The molecule has 1 amide bonds. The van der Waals surface area contributed by atoms with Gasteiger partial charge in [-0.3, -0.25) is 4.79 Å². The Morgan fingerprint density at radius 1 is 1.29 bits per heavy atom. The molecule has 2 aromatic rings. The maximum atomic E-state index is 13.0. The Labute approximate surface area is 165 Å². The third kappa shape index (κ3) is 5.41. The molecule has 0 spiro atoms. The van der Waals surface area contributed by atoms with E-state index in [1.54, 1.807) is 24.4 Å². The van der Waals surface area contributed by atoms with Crippen LogP contribution in [0.4, 0.5) is 10.3 Å². The molecule has 150 valence electrons. The van der Waals surface area contributed by atoms with Crippen molar-refractivity contribution in [3.8, 4) is 11.6 Å². The number of halogens is 1. The van der Waals surface area contributed by atoms with Gasteiger partial charge in [0.25, 0.3) is 0 Å². The average molecular weight is 386 g/mol. The fraction of sp³-hybridized carbons (Fsp3) is 0.476. The number of hydrogen-bond donors (Lipinski definition) is 1. The molecule has 28 heavy (non-hydrogen) atoms. The van der Waals surface area contributed by atoms with Crippen LogP contribution in [0.3, 0.4) is 0 Å². The number of nitrogens with one attached hydrogen (secondary N) is 1. The summed E-state index contributed by atoms with van der Waals surface area (Å²) in [4.78, 5) is 23.1. The molecule has 6 nitrogen and oxygen atoms in total. The molecule has 7 heteroatoms. The minimum Gasteiger partial charge on any atom is -0.439 e. The summed E-state index contributed by atoms with van der Waals surface area (Å²) in [5.74, 6) is 1.65. The zero-order valence-corrected chi connectivity index (χ0v) is 16.6. The van der Waals surface area contributed by atoms with E-state index in [2.05, 4.69) is 20.2 Å². The Kier molecular flexibility index (Phi) is 6.11. The lowest BCUT2D eigenvalue weighted by molar-refractivity contribution is -0.128. The largest absolute Gasteiger partial charge is 0.439 e. The van der Waals surface area contributed by atoms with Gasteiger partial charge < -0.3 is 15.0 Å². The highest BCUT2D eigenvalue weighted by molar-refractivity contribution is 5.81. The summed E-state index contributed by atoms with van der Waals surface area (Å²) in [5.41, 5.74) is -0.385. The van der Waals surface area contributed by atoms with Crippen LogP contribution in [0.15, 0.2) is 36.5 Å². The first-order valence-electron chi connectivity index (χ1n) is 9.61. The highest BCUT2D eigenvalue weighted by Crippen LogP contribution is 2.24. The van der Waals surface area contributed by atoms with Crippen LogP contribution in [0.25, 0.3) is 0 Å². The number of amides is 1. The van der Waals surface area contributed by atoms with E-state index in [1.807, 2.05) is 20.8 Å². The van der Waals surface area contributed by atoms with Crippen LogP contribution in [0.2, 0.25) is 0 Å². The molecule has 1 N–H and O–H groups in total. The van der Waals surface area contributed by atoms with Crippen LogP contribution in [-0.4, -0.2) is 35.5 Å². The van der Waals surface area contributed by atoms with E-state index in [1.165, 1.54) is 12.1 Å². The van der Waals surface area contributed by atoms with Crippen LogP contribution in [0.1, 0.15) is 33.6 Å². The first-order chi connectivity index (χ1) is 13.3. The molecule has 1 aromatic heterocycles. The second kappa shape index (κ2) is 8.54. The lowest BCUT2D eigenvalue weighted by atomic mass is 9.94. The van der Waals surface area contributed by atoms with Crippen LogP contribution in [-0.2, 0) is 4.79 Å². The van der Waals surface area contributed by atoms with E-state index in [-0.39, 0.29) is 17.1 Å². The predicted molar refractivity (Wildman–Crippen MR) is 106 cm³/mol. The number of anilines is 1. The Balaban J connectivity index is 1.61. The normalized spacial score (nSPS) is 17.3. The molecule has 1 saturated heterocycles. The molecule has 0 bridgehead atoms. The molecule has 1 atom stereocenters. The molecule has 1 aliphatic heterocycles. The third-order valence-electron chi connectivity index (χ3n) is 4.69. The first-order valence-corrected chi connectivity index (χ1v) is 9.61. The van der Waals surface area contributed by atoms with Crippen molar-refractivity contribution in [3.05, 3.63) is 42.3 Å². The van der Waals surface area contributed by atoms with Crippen molar-refractivity contribution >= 4 is 11.9 Å². The van der Waals surface area contributed by atoms with Gasteiger partial charge in [0.05, 0.1) is 0 Å². The number of benzene rings is 1. The molecule has 1 unspecified atom stereocenters. The second-order valence-electron chi connectivity index (χ2n) is 8.17. The summed E-state index contributed by atoms with van der Waals surface area (Å²) < 4.78 is 18.7. The van der Waals surface area contributed by atoms with Crippen LogP contribution in [0, 0.1) is 17.2 Å². The van der Waals surface area contributed by atoms with Gasteiger partial charge in [-0.25, -0.2) is 9.37 Å². The maximum Gasteiger partial charge on any atom is 0.228 e. The molecular weight excluding hydrogens is 359 g/mol. The number of aromatic nitrogens is 2. The van der Waals surface area contributed by atoms with Crippen LogP contribution < -0.4 is 15.0 Å². The van der Waals surface area contributed by atoms with Gasteiger partial charge in [0.2, 0.25) is 17.7 Å². The van der Waals surface area contributed by atoms with E-state index in [0.29, 0.717) is 30.0 Å². The summed E-state index contributed by atoms with van der Waals surface area (Å²) in [5, 5.41) is 3.05. The van der Waals surface area contributed by atoms with E-state index in [9.17, 15) is 9.18 Å². The summed E-state index contributed by atoms with van der Waals surface area (Å²) in [7, 11) is 0. The van der Waals surface area contributed by atoms with Crippen LogP contribution in [0.5, 0.6) is 11.6 Å². The van der Waals surface area contributed by atoms with Crippen molar-refractivity contribution < 1.29 is 13.9 Å². The highest BCUT2D eigenvalue weighted by Gasteiger charge is 2.25. The Hall–Kier alpha value is -2.70. The second-order valence-corrected chi connectivity index (χ2v) is 8.17. The zero-order valence-electron chi connectivity index (χ0n) is 16.6. The molecule has 2 heterocycles. The minimum atomic E-state index is -0.385. The van der Waals surface area contributed by atoms with Crippen molar-refractivity contribution in [1.29, 1.82) is 0 Å². The van der Waals surface area contributed by atoms with Crippen molar-refractivity contribution in [2.24, 2.45) is 11.3 Å². The average Bonchev–Trinajstić information content (AvgIpc) is 2.67. The zero-order chi connectivity index (χ0) is 20.1. The van der Waals surface area contributed by atoms with Crippen molar-refractivity contribution in [2.45, 2.75) is 33.6 Å². The SMILES string of the molecule is CC(C)(C)C(=O)NCC1CCCN(c2nccc(Oc3ccc(F)cc3)n2)C1. The van der Waals surface area contributed by atoms with Gasteiger partial charge in [-0.05, 0) is 43.0 Å². The van der Waals surface area contributed by atoms with E-state index in [4.69, 9.17) is 4.74 Å². The van der Waals surface area contributed by atoms with Crippen molar-refractivity contribution in [1.82, 2.24) is 15.3 Å². The summed E-state index contributed by atoms with van der Waals surface area (Å²) >= 11 is 0. The quantitative estimate of drug-likeness (QED) is 0.847. The van der Waals surface area contributed by atoms with Crippen molar-refractivity contribution in [3.63, 3.8) is 0 Å². The summed E-state index contributed by atoms with van der Waals surface area (Å²) in [6.07, 6.45) is 3.74. The summed E-state index contributed by atoms with van der Waals surface area (Å²) in [6, 6.07) is 7.49. The van der Waals surface area contributed by atoms with Crippen LogP contribution >= 0.6 is 0 Å². The topological polar surface area (TPSA) is 67.4 Å². The van der Waals surface area contributed by atoms with E-state index in [0.717, 1.165) is 25.9 Å². The van der Waals surface area contributed by atoms with Gasteiger partial charge >= 0.3 is 0 Å². The number of rotatable bonds is 5. The highest BCUT2D eigenvalue weighted by atomic mass is 19.1. The Morgan fingerprint density at radius 2 is 2.04 bits per heavy atom.